The Balaban J connectivity index is 1.48. The average molecular weight is 591 g/mol. The molecule has 2 aliphatic rings. The lowest BCUT2D eigenvalue weighted by molar-refractivity contribution is 0.0675. The molecule has 0 radical (unpaired) electrons. The lowest BCUT2D eigenvalue weighted by Crippen LogP contribution is -2.52. The standard InChI is InChI=1S/C27H22Cl2FN3O3S2/c1-38(35,36)21-9-7-20(8-10-21)32-14-18-13-25(16-2-5-19(30)6-3-16)33(15-24(18)31-27(32)37)26(34)17-4-11-22(28)23(29)12-17/h2-12,25H,13-15H2,1H3,(H,31,37). The highest BCUT2D eigenvalue weighted by Gasteiger charge is 2.36. The first-order valence-electron chi connectivity index (χ1n) is 11.6. The molecule has 0 saturated heterocycles. The molecule has 0 bridgehead atoms. The molecule has 3 aromatic carbocycles. The predicted octanol–water partition coefficient (Wildman–Crippen LogP) is 5.77. The van der Waals surface area contributed by atoms with E-state index in [0.29, 0.717) is 28.7 Å². The van der Waals surface area contributed by atoms with Crippen LogP contribution < -0.4 is 10.2 Å². The average Bonchev–Trinajstić information content (AvgIpc) is 2.89. The Morgan fingerprint density at radius 1 is 1.00 bits per heavy atom. The number of hydrogen-bond donors (Lipinski definition) is 1. The van der Waals surface area contributed by atoms with E-state index in [-0.39, 0.29) is 34.2 Å². The van der Waals surface area contributed by atoms with Gasteiger partial charge in [-0.15, -0.1) is 0 Å². The van der Waals surface area contributed by atoms with Crippen LogP contribution >= 0.6 is 35.4 Å². The fourth-order valence-corrected chi connectivity index (χ4v) is 5.90. The molecule has 0 fully saturated rings. The number of carbonyl (C=O) groups excluding carboxylic acids is 1. The van der Waals surface area contributed by atoms with Gasteiger partial charge in [0, 0.05) is 29.7 Å². The minimum absolute atomic E-state index is 0.225. The third-order valence-corrected chi connectivity index (χ3v) is 8.87. The van der Waals surface area contributed by atoms with E-state index in [1.54, 1.807) is 59.5 Å². The minimum atomic E-state index is -3.32. The van der Waals surface area contributed by atoms with Gasteiger partial charge in [-0.05, 0) is 84.4 Å². The second kappa shape index (κ2) is 10.3. The van der Waals surface area contributed by atoms with Crippen molar-refractivity contribution in [1.82, 2.24) is 10.2 Å². The normalized spacial score (nSPS) is 17.8. The number of rotatable bonds is 4. The van der Waals surface area contributed by atoms with Crippen LogP contribution in [0.25, 0.3) is 0 Å². The number of halogens is 3. The van der Waals surface area contributed by atoms with Crippen LogP contribution in [-0.2, 0) is 9.84 Å². The fourth-order valence-electron chi connectivity index (χ4n) is 4.68. The molecule has 0 aromatic heterocycles. The van der Waals surface area contributed by atoms with Crippen LogP contribution in [0.5, 0.6) is 0 Å². The topological polar surface area (TPSA) is 69.7 Å². The van der Waals surface area contributed by atoms with Gasteiger partial charge in [0.2, 0.25) is 0 Å². The van der Waals surface area contributed by atoms with Gasteiger partial charge in [0.15, 0.2) is 14.9 Å². The SMILES string of the molecule is CS(=O)(=O)c1ccc(N2CC3=C(CN(C(=O)c4ccc(Cl)c(Cl)c4)C(c4ccc(F)cc4)C3)NC2=S)cc1. The van der Waals surface area contributed by atoms with E-state index in [9.17, 15) is 17.6 Å². The minimum Gasteiger partial charge on any atom is -0.334 e. The van der Waals surface area contributed by atoms with Crippen molar-refractivity contribution in [2.45, 2.75) is 17.4 Å². The Bertz CT molecular complexity index is 1580. The maximum absolute atomic E-state index is 13.7. The number of carbonyl (C=O) groups is 1. The van der Waals surface area contributed by atoms with E-state index in [4.69, 9.17) is 35.4 Å². The summed E-state index contributed by atoms with van der Waals surface area (Å²) in [5.41, 5.74) is 3.79. The van der Waals surface area contributed by atoms with Crippen LogP contribution in [-0.4, -0.2) is 43.7 Å². The van der Waals surface area contributed by atoms with Gasteiger partial charge in [0.1, 0.15) is 5.82 Å². The summed E-state index contributed by atoms with van der Waals surface area (Å²) in [4.78, 5) is 17.5. The van der Waals surface area contributed by atoms with Gasteiger partial charge >= 0.3 is 0 Å². The quantitative estimate of drug-likeness (QED) is 0.389. The summed E-state index contributed by atoms with van der Waals surface area (Å²) in [5, 5.41) is 4.34. The van der Waals surface area contributed by atoms with E-state index in [1.807, 2.05) is 4.90 Å². The Morgan fingerprint density at radius 3 is 2.32 bits per heavy atom. The zero-order valence-corrected chi connectivity index (χ0v) is 23.3. The fraction of sp³-hybridized carbons (Fsp3) is 0.185. The molecule has 196 valence electrons. The van der Waals surface area contributed by atoms with E-state index >= 15 is 0 Å². The molecule has 2 heterocycles. The predicted molar refractivity (Wildman–Crippen MR) is 151 cm³/mol. The number of benzene rings is 3. The van der Waals surface area contributed by atoms with E-state index in [1.165, 1.54) is 12.1 Å². The summed E-state index contributed by atoms with van der Waals surface area (Å²) in [6.45, 7) is 0.726. The van der Waals surface area contributed by atoms with Gasteiger partial charge < -0.3 is 15.1 Å². The largest absolute Gasteiger partial charge is 0.334 e. The molecule has 0 aliphatic carbocycles. The highest BCUT2D eigenvalue weighted by Crippen LogP contribution is 2.38. The molecular weight excluding hydrogens is 568 g/mol. The van der Waals surface area contributed by atoms with Gasteiger partial charge in [-0.3, -0.25) is 4.79 Å². The molecule has 1 N–H and O–H groups in total. The van der Waals surface area contributed by atoms with Crippen LogP contribution in [0.1, 0.15) is 28.4 Å². The number of amides is 1. The van der Waals surface area contributed by atoms with Crippen molar-refractivity contribution in [1.29, 1.82) is 0 Å². The number of anilines is 1. The van der Waals surface area contributed by atoms with Crippen molar-refractivity contribution in [2.24, 2.45) is 0 Å². The summed E-state index contributed by atoms with van der Waals surface area (Å²) >= 11 is 17.9. The van der Waals surface area contributed by atoms with Crippen molar-refractivity contribution >= 4 is 62.0 Å². The Hall–Kier alpha value is -2.98. The van der Waals surface area contributed by atoms with Gasteiger partial charge in [-0.25, -0.2) is 12.8 Å². The molecule has 0 saturated carbocycles. The maximum atomic E-state index is 13.7. The second-order valence-corrected chi connectivity index (χ2v) is 12.4. The summed E-state index contributed by atoms with van der Waals surface area (Å²) < 4.78 is 37.4. The Labute approximate surface area is 235 Å². The van der Waals surface area contributed by atoms with Crippen LogP contribution in [0.3, 0.4) is 0 Å². The summed E-state index contributed by atoms with van der Waals surface area (Å²) in [6.07, 6.45) is 1.65. The first kappa shape index (κ1) is 26.6. The molecule has 38 heavy (non-hydrogen) atoms. The van der Waals surface area contributed by atoms with Crippen molar-refractivity contribution in [3.63, 3.8) is 0 Å². The smallest absolute Gasteiger partial charge is 0.254 e. The molecule has 11 heteroatoms. The number of sulfone groups is 1. The van der Waals surface area contributed by atoms with Crippen LogP contribution in [0, 0.1) is 5.82 Å². The van der Waals surface area contributed by atoms with Crippen molar-refractivity contribution in [3.8, 4) is 0 Å². The first-order chi connectivity index (χ1) is 18.0. The van der Waals surface area contributed by atoms with Gasteiger partial charge in [-0.1, -0.05) is 35.3 Å². The monoisotopic (exact) mass is 589 g/mol. The summed E-state index contributed by atoms with van der Waals surface area (Å²) in [6, 6.07) is 17.1. The molecule has 6 nitrogen and oxygen atoms in total. The van der Waals surface area contributed by atoms with E-state index in [2.05, 4.69) is 5.32 Å². The maximum Gasteiger partial charge on any atom is 0.254 e. The molecule has 0 spiro atoms. The van der Waals surface area contributed by atoms with Crippen LogP contribution in [0.4, 0.5) is 10.1 Å². The zero-order valence-electron chi connectivity index (χ0n) is 20.1. The highest BCUT2D eigenvalue weighted by molar-refractivity contribution is 7.90. The Kier molecular flexibility index (Phi) is 7.21. The molecule has 2 aliphatic heterocycles. The van der Waals surface area contributed by atoms with Gasteiger partial charge in [0.05, 0.1) is 27.5 Å². The number of nitrogens with zero attached hydrogens (tertiary/aromatic N) is 2. The van der Waals surface area contributed by atoms with Crippen LogP contribution in [0.2, 0.25) is 10.0 Å². The third-order valence-electron chi connectivity index (χ3n) is 6.68. The van der Waals surface area contributed by atoms with Crippen molar-refractivity contribution < 1.29 is 17.6 Å². The molecule has 3 aromatic rings. The summed E-state index contributed by atoms with van der Waals surface area (Å²) in [5.74, 6) is -0.601. The second-order valence-electron chi connectivity index (χ2n) is 9.20. The summed E-state index contributed by atoms with van der Waals surface area (Å²) in [7, 11) is -3.32. The molecule has 1 atom stereocenters. The van der Waals surface area contributed by atoms with Gasteiger partial charge in [0.25, 0.3) is 5.91 Å². The highest BCUT2D eigenvalue weighted by atomic mass is 35.5. The molecule has 5 rings (SSSR count). The van der Waals surface area contributed by atoms with E-state index in [0.717, 1.165) is 28.8 Å². The number of thiocarbonyl (C=S) groups is 1. The lowest BCUT2D eigenvalue weighted by atomic mass is 9.90. The third kappa shape index (κ3) is 5.29. The van der Waals surface area contributed by atoms with Crippen LogP contribution in [0.15, 0.2) is 82.9 Å². The van der Waals surface area contributed by atoms with E-state index < -0.39 is 9.84 Å². The lowest BCUT2D eigenvalue weighted by Gasteiger charge is -2.43. The molecule has 1 amide bonds. The molecular formula is C27H22Cl2FN3O3S2. The van der Waals surface area contributed by atoms with Crippen molar-refractivity contribution in [3.05, 3.63) is 105 Å². The number of hydrogen-bond acceptors (Lipinski definition) is 4. The first-order valence-corrected chi connectivity index (χ1v) is 14.7. The zero-order chi connectivity index (χ0) is 27.2. The number of nitrogens with one attached hydrogen (secondary N) is 1. The Morgan fingerprint density at radius 2 is 1.68 bits per heavy atom. The molecule has 1 unspecified atom stereocenters. The van der Waals surface area contributed by atoms with Gasteiger partial charge in [-0.2, -0.15) is 0 Å². The van der Waals surface area contributed by atoms with Crippen molar-refractivity contribution in [2.75, 3.05) is 24.2 Å².